The van der Waals surface area contributed by atoms with Crippen molar-refractivity contribution in [1.29, 1.82) is 0 Å². The van der Waals surface area contributed by atoms with Gasteiger partial charge in [-0.1, -0.05) is 17.7 Å². The number of halogens is 2. The van der Waals surface area contributed by atoms with Crippen molar-refractivity contribution in [3.05, 3.63) is 59.4 Å². The molecule has 6 nitrogen and oxygen atoms in total. The second-order valence-corrected chi connectivity index (χ2v) is 6.70. The summed E-state index contributed by atoms with van der Waals surface area (Å²) in [4.78, 5) is 28.1. The van der Waals surface area contributed by atoms with Crippen LogP contribution in [0.1, 0.15) is 0 Å². The number of carbonyl (C=O) groups is 2. The summed E-state index contributed by atoms with van der Waals surface area (Å²) in [6.45, 7) is 2.47. The Hall–Kier alpha value is -2.64. The molecule has 0 atom stereocenters. The Bertz CT molecular complexity index is 808. The van der Waals surface area contributed by atoms with Gasteiger partial charge in [0.2, 0.25) is 5.91 Å². The average molecular weight is 391 g/mol. The lowest BCUT2D eigenvalue weighted by atomic mass is 10.3. The molecule has 1 aliphatic heterocycles. The first-order valence-corrected chi connectivity index (χ1v) is 8.97. The molecule has 142 valence electrons. The van der Waals surface area contributed by atoms with Gasteiger partial charge in [-0.2, -0.15) is 0 Å². The van der Waals surface area contributed by atoms with Crippen LogP contribution in [0.5, 0.6) is 0 Å². The van der Waals surface area contributed by atoms with Crippen LogP contribution in [0.15, 0.2) is 48.5 Å². The molecule has 0 unspecified atom stereocenters. The van der Waals surface area contributed by atoms with Crippen LogP contribution in [-0.4, -0.2) is 54.5 Å². The molecule has 2 aromatic rings. The number of carbonyl (C=O) groups excluding carboxylic acids is 2. The SMILES string of the molecule is O=C(CN1CCN(C(=O)Nc2cccc(Cl)c2)CC1)Nc1ccc(F)cc1. The van der Waals surface area contributed by atoms with Gasteiger partial charge in [0.1, 0.15) is 5.82 Å². The highest BCUT2D eigenvalue weighted by atomic mass is 35.5. The largest absolute Gasteiger partial charge is 0.325 e. The first kappa shape index (κ1) is 19.1. The minimum Gasteiger partial charge on any atom is -0.325 e. The molecule has 8 heteroatoms. The van der Waals surface area contributed by atoms with E-state index in [-0.39, 0.29) is 24.3 Å². The number of benzene rings is 2. The van der Waals surface area contributed by atoms with Gasteiger partial charge in [-0.3, -0.25) is 9.69 Å². The predicted octanol–water partition coefficient (Wildman–Crippen LogP) is 3.27. The third kappa shape index (κ3) is 5.67. The van der Waals surface area contributed by atoms with E-state index < -0.39 is 0 Å². The van der Waals surface area contributed by atoms with Crippen LogP contribution in [0.4, 0.5) is 20.6 Å². The molecule has 0 aromatic heterocycles. The number of amides is 3. The maximum atomic E-state index is 12.9. The van der Waals surface area contributed by atoms with E-state index in [0.717, 1.165) is 0 Å². The molecule has 0 spiro atoms. The lowest BCUT2D eigenvalue weighted by Gasteiger charge is -2.34. The highest BCUT2D eigenvalue weighted by Crippen LogP contribution is 2.16. The van der Waals surface area contributed by atoms with Crippen LogP contribution in [0.25, 0.3) is 0 Å². The molecule has 1 saturated heterocycles. The Labute approximate surface area is 161 Å². The third-order valence-electron chi connectivity index (χ3n) is 4.23. The van der Waals surface area contributed by atoms with Crippen molar-refractivity contribution in [2.24, 2.45) is 0 Å². The van der Waals surface area contributed by atoms with Crippen molar-refractivity contribution in [2.75, 3.05) is 43.4 Å². The zero-order chi connectivity index (χ0) is 19.2. The number of hydrogen-bond donors (Lipinski definition) is 2. The standard InChI is InChI=1S/C19H20ClFN4O2/c20-14-2-1-3-17(12-14)23-19(27)25-10-8-24(9-11-25)13-18(26)22-16-6-4-15(21)5-7-16/h1-7,12H,8-11,13H2,(H,22,26)(H,23,27). The van der Waals surface area contributed by atoms with E-state index in [0.29, 0.717) is 42.6 Å². The van der Waals surface area contributed by atoms with Crippen LogP contribution < -0.4 is 10.6 Å². The average Bonchev–Trinajstić information content (AvgIpc) is 2.64. The molecule has 0 aliphatic carbocycles. The van der Waals surface area contributed by atoms with Gasteiger partial charge in [-0.25, -0.2) is 9.18 Å². The van der Waals surface area contributed by atoms with Crippen LogP contribution in [-0.2, 0) is 4.79 Å². The predicted molar refractivity (Wildman–Crippen MR) is 104 cm³/mol. The molecule has 0 bridgehead atoms. The fourth-order valence-electron chi connectivity index (χ4n) is 2.81. The zero-order valence-corrected chi connectivity index (χ0v) is 15.4. The third-order valence-corrected chi connectivity index (χ3v) is 4.47. The van der Waals surface area contributed by atoms with E-state index in [4.69, 9.17) is 11.6 Å². The molecule has 1 fully saturated rings. The fourth-order valence-corrected chi connectivity index (χ4v) is 3.00. The Kier molecular flexibility index (Phi) is 6.26. The second kappa shape index (κ2) is 8.83. The molecule has 2 aromatic carbocycles. The lowest BCUT2D eigenvalue weighted by Crippen LogP contribution is -2.51. The summed E-state index contributed by atoms with van der Waals surface area (Å²) in [5.74, 6) is -0.515. The number of hydrogen-bond acceptors (Lipinski definition) is 3. The Morgan fingerprint density at radius 3 is 2.33 bits per heavy atom. The topological polar surface area (TPSA) is 64.7 Å². The summed E-state index contributed by atoms with van der Waals surface area (Å²) in [5, 5.41) is 6.12. The van der Waals surface area contributed by atoms with Crippen molar-refractivity contribution >= 4 is 34.9 Å². The number of urea groups is 1. The quantitative estimate of drug-likeness (QED) is 0.842. The van der Waals surface area contributed by atoms with Crippen LogP contribution in [0.3, 0.4) is 0 Å². The van der Waals surface area contributed by atoms with Crippen LogP contribution >= 0.6 is 11.6 Å². The normalized spacial score (nSPS) is 14.7. The number of rotatable bonds is 4. The molecule has 2 N–H and O–H groups in total. The highest BCUT2D eigenvalue weighted by Gasteiger charge is 2.22. The number of piperazine rings is 1. The summed E-state index contributed by atoms with van der Waals surface area (Å²) >= 11 is 5.92. The summed E-state index contributed by atoms with van der Waals surface area (Å²) in [7, 11) is 0. The Balaban J connectivity index is 1.43. The molecule has 27 heavy (non-hydrogen) atoms. The van der Waals surface area contributed by atoms with E-state index in [9.17, 15) is 14.0 Å². The van der Waals surface area contributed by atoms with Gasteiger partial charge in [-0.15, -0.1) is 0 Å². The van der Waals surface area contributed by atoms with Crippen molar-refractivity contribution in [2.45, 2.75) is 0 Å². The zero-order valence-electron chi connectivity index (χ0n) is 14.6. The van der Waals surface area contributed by atoms with Gasteiger partial charge < -0.3 is 15.5 Å². The first-order chi connectivity index (χ1) is 13.0. The lowest BCUT2D eigenvalue weighted by molar-refractivity contribution is -0.117. The molecule has 0 saturated carbocycles. The monoisotopic (exact) mass is 390 g/mol. The minimum atomic E-state index is -0.347. The number of nitrogens with zero attached hydrogens (tertiary/aromatic N) is 2. The minimum absolute atomic E-state index is 0.168. The number of anilines is 2. The van der Waals surface area contributed by atoms with E-state index in [1.807, 2.05) is 4.90 Å². The molecule has 3 rings (SSSR count). The second-order valence-electron chi connectivity index (χ2n) is 6.26. The van der Waals surface area contributed by atoms with E-state index in [1.54, 1.807) is 29.2 Å². The molecular weight excluding hydrogens is 371 g/mol. The van der Waals surface area contributed by atoms with Crippen LogP contribution in [0, 0.1) is 5.82 Å². The molecule has 0 radical (unpaired) electrons. The Morgan fingerprint density at radius 1 is 0.963 bits per heavy atom. The summed E-state index contributed by atoms with van der Waals surface area (Å²) in [6, 6.07) is 12.4. The van der Waals surface area contributed by atoms with E-state index in [1.165, 1.54) is 24.3 Å². The van der Waals surface area contributed by atoms with Gasteiger partial charge >= 0.3 is 6.03 Å². The van der Waals surface area contributed by atoms with Crippen LogP contribution in [0.2, 0.25) is 5.02 Å². The van der Waals surface area contributed by atoms with E-state index >= 15 is 0 Å². The van der Waals surface area contributed by atoms with Gasteiger partial charge in [0.05, 0.1) is 6.54 Å². The van der Waals surface area contributed by atoms with Crippen molar-refractivity contribution in [3.63, 3.8) is 0 Å². The molecular formula is C19H20ClFN4O2. The van der Waals surface area contributed by atoms with Gasteiger partial charge in [0, 0.05) is 42.6 Å². The summed E-state index contributed by atoms with van der Waals surface area (Å²) in [5.41, 5.74) is 1.20. The van der Waals surface area contributed by atoms with Gasteiger partial charge in [0.25, 0.3) is 0 Å². The summed E-state index contributed by atoms with van der Waals surface area (Å²) < 4.78 is 12.9. The van der Waals surface area contributed by atoms with Crippen molar-refractivity contribution in [1.82, 2.24) is 9.80 Å². The van der Waals surface area contributed by atoms with Gasteiger partial charge in [0.15, 0.2) is 0 Å². The molecule has 1 aliphatic rings. The maximum absolute atomic E-state index is 12.9. The van der Waals surface area contributed by atoms with E-state index in [2.05, 4.69) is 10.6 Å². The smallest absolute Gasteiger partial charge is 0.321 e. The Morgan fingerprint density at radius 2 is 1.67 bits per heavy atom. The maximum Gasteiger partial charge on any atom is 0.321 e. The molecule has 3 amide bonds. The number of nitrogens with one attached hydrogen (secondary N) is 2. The fraction of sp³-hybridized carbons (Fsp3) is 0.263. The highest BCUT2D eigenvalue weighted by molar-refractivity contribution is 6.30. The van der Waals surface area contributed by atoms with Crippen molar-refractivity contribution < 1.29 is 14.0 Å². The van der Waals surface area contributed by atoms with Gasteiger partial charge in [-0.05, 0) is 42.5 Å². The van der Waals surface area contributed by atoms with Crippen molar-refractivity contribution in [3.8, 4) is 0 Å². The summed E-state index contributed by atoms with van der Waals surface area (Å²) in [6.07, 6.45) is 0. The first-order valence-electron chi connectivity index (χ1n) is 8.59. The molecule has 1 heterocycles.